The highest BCUT2D eigenvalue weighted by atomic mass is 19.1. The molecule has 0 amide bonds. The molecular weight excluding hydrogens is 388 g/mol. The lowest BCUT2D eigenvalue weighted by Gasteiger charge is -2.30. The predicted octanol–water partition coefficient (Wildman–Crippen LogP) is 3.81. The fourth-order valence-corrected chi connectivity index (χ4v) is 3.66. The molecular formula is C21H19F2N7. The molecule has 0 aliphatic carbocycles. The smallest absolute Gasteiger partial charge is 0.246 e. The SMILES string of the molecule is Cc1cc(Nc2ncn(-c3cc(F)cc(F)c3)n2)cc(N2CCn3ccnc3C2)c1. The van der Waals surface area contributed by atoms with Crippen molar-refractivity contribution in [1.29, 1.82) is 0 Å². The molecule has 0 saturated carbocycles. The van der Waals surface area contributed by atoms with Gasteiger partial charge in [-0.25, -0.2) is 18.4 Å². The summed E-state index contributed by atoms with van der Waals surface area (Å²) in [4.78, 5) is 10.9. The van der Waals surface area contributed by atoms with Crippen LogP contribution in [0.1, 0.15) is 11.4 Å². The topological polar surface area (TPSA) is 63.8 Å². The number of rotatable bonds is 4. The number of halogens is 2. The number of aromatic nitrogens is 5. The van der Waals surface area contributed by atoms with E-state index in [0.717, 1.165) is 48.5 Å². The molecule has 1 N–H and O–H groups in total. The quantitative estimate of drug-likeness (QED) is 0.557. The van der Waals surface area contributed by atoms with E-state index in [2.05, 4.69) is 35.9 Å². The van der Waals surface area contributed by atoms with Gasteiger partial charge < -0.3 is 14.8 Å². The molecule has 0 bridgehead atoms. The van der Waals surface area contributed by atoms with Gasteiger partial charge in [-0.1, -0.05) is 0 Å². The number of imidazole rings is 1. The van der Waals surface area contributed by atoms with E-state index in [0.29, 0.717) is 5.95 Å². The fraction of sp³-hybridized carbons (Fsp3) is 0.190. The summed E-state index contributed by atoms with van der Waals surface area (Å²) in [5.41, 5.74) is 3.28. The molecule has 152 valence electrons. The van der Waals surface area contributed by atoms with Crippen LogP contribution in [-0.4, -0.2) is 30.9 Å². The van der Waals surface area contributed by atoms with Crippen LogP contribution in [0, 0.1) is 18.6 Å². The van der Waals surface area contributed by atoms with Crippen molar-refractivity contribution in [1.82, 2.24) is 24.3 Å². The van der Waals surface area contributed by atoms with E-state index in [1.165, 1.54) is 23.1 Å². The van der Waals surface area contributed by atoms with E-state index in [-0.39, 0.29) is 5.69 Å². The lowest BCUT2D eigenvalue weighted by atomic mass is 10.1. The zero-order valence-electron chi connectivity index (χ0n) is 16.3. The lowest BCUT2D eigenvalue weighted by Crippen LogP contribution is -2.33. The van der Waals surface area contributed by atoms with Crippen LogP contribution in [0.5, 0.6) is 0 Å². The van der Waals surface area contributed by atoms with E-state index in [1.807, 2.05) is 31.5 Å². The van der Waals surface area contributed by atoms with Gasteiger partial charge in [0.1, 0.15) is 23.8 Å². The number of nitrogens with zero attached hydrogens (tertiary/aromatic N) is 6. The Labute approximate surface area is 171 Å². The molecule has 1 aliphatic rings. The van der Waals surface area contributed by atoms with E-state index in [1.54, 1.807) is 0 Å². The highest BCUT2D eigenvalue weighted by molar-refractivity contribution is 5.64. The number of aryl methyl sites for hydroxylation is 1. The van der Waals surface area contributed by atoms with Gasteiger partial charge in [0.15, 0.2) is 0 Å². The molecule has 3 heterocycles. The number of anilines is 3. The first-order valence-electron chi connectivity index (χ1n) is 9.55. The molecule has 0 spiro atoms. The Morgan fingerprint density at radius 3 is 2.60 bits per heavy atom. The van der Waals surface area contributed by atoms with Gasteiger partial charge in [0, 0.05) is 42.9 Å². The minimum absolute atomic E-state index is 0.266. The summed E-state index contributed by atoms with van der Waals surface area (Å²) in [5, 5.41) is 7.47. The standard InChI is InChI=1S/C21H19F2N7/c1-14-6-17(11-18(7-14)29-5-4-28-3-2-24-20(28)12-29)26-21-25-13-30(27-21)19-9-15(22)8-16(23)10-19/h2-3,6-11,13H,4-5,12H2,1H3,(H,26,27). The first-order chi connectivity index (χ1) is 14.5. The Hall–Kier alpha value is -3.75. The summed E-state index contributed by atoms with van der Waals surface area (Å²) in [6, 6.07) is 9.39. The van der Waals surface area contributed by atoms with Crippen molar-refractivity contribution in [2.75, 3.05) is 16.8 Å². The summed E-state index contributed by atoms with van der Waals surface area (Å²) >= 11 is 0. The number of fused-ring (bicyclic) bond motifs is 1. The zero-order valence-corrected chi connectivity index (χ0v) is 16.3. The summed E-state index contributed by atoms with van der Waals surface area (Å²) in [6.45, 7) is 4.56. The average molecular weight is 407 g/mol. The van der Waals surface area contributed by atoms with Gasteiger partial charge in [0.05, 0.1) is 12.2 Å². The van der Waals surface area contributed by atoms with Crippen molar-refractivity contribution in [3.63, 3.8) is 0 Å². The second kappa shape index (κ2) is 7.25. The third-order valence-corrected chi connectivity index (χ3v) is 5.03. The molecule has 4 aromatic rings. The second-order valence-electron chi connectivity index (χ2n) is 7.28. The summed E-state index contributed by atoms with van der Waals surface area (Å²) in [5.74, 6) is 0.0476. The maximum Gasteiger partial charge on any atom is 0.246 e. The maximum absolute atomic E-state index is 13.5. The minimum Gasteiger partial charge on any atom is -0.362 e. The van der Waals surface area contributed by atoms with Crippen molar-refractivity contribution < 1.29 is 8.78 Å². The highest BCUT2D eigenvalue weighted by Crippen LogP contribution is 2.27. The molecule has 2 aromatic carbocycles. The molecule has 0 saturated heterocycles. The molecule has 30 heavy (non-hydrogen) atoms. The van der Waals surface area contributed by atoms with Crippen LogP contribution in [0.3, 0.4) is 0 Å². The van der Waals surface area contributed by atoms with Crippen molar-refractivity contribution in [2.24, 2.45) is 0 Å². The van der Waals surface area contributed by atoms with Gasteiger partial charge in [-0.15, -0.1) is 5.10 Å². The van der Waals surface area contributed by atoms with Gasteiger partial charge in [0.2, 0.25) is 5.95 Å². The van der Waals surface area contributed by atoms with Gasteiger partial charge in [-0.05, 0) is 42.8 Å². The summed E-state index contributed by atoms with van der Waals surface area (Å²) < 4.78 is 30.4. The van der Waals surface area contributed by atoms with Crippen LogP contribution in [0.4, 0.5) is 26.1 Å². The summed E-state index contributed by atoms with van der Waals surface area (Å²) in [6.07, 6.45) is 5.24. The van der Waals surface area contributed by atoms with Gasteiger partial charge in [0.25, 0.3) is 0 Å². The fourth-order valence-electron chi connectivity index (χ4n) is 3.66. The van der Waals surface area contributed by atoms with E-state index in [4.69, 9.17) is 0 Å². The minimum atomic E-state index is -0.666. The van der Waals surface area contributed by atoms with Crippen LogP contribution in [0.25, 0.3) is 5.69 Å². The lowest BCUT2D eigenvalue weighted by molar-refractivity contribution is 0.560. The van der Waals surface area contributed by atoms with Crippen LogP contribution >= 0.6 is 0 Å². The molecule has 7 nitrogen and oxygen atoms in total. The molecule has 0 radical (unpaired) electrons. The van der Waals surface area contributed by atoms with E-state index < -0.39 is 11.6 Å². The van der Waals surface area contributed by atoms with Crippen LogP contribution in [-0.2, 0) is 13.1 Å². The Morgan fingerprint density at radius 2 is 1.77 bits per heavy atom. The molecule has 2 aromatic heterocycles. The van der Waals surface area contributed by atoms with Crippen LogP contribution < -0.4 is 10.2 Å². The Kier molecular flexibility index (Phi) is 4.42. The third-order valence-electron chi connectivity index (χ3n) is 5.03. The number of benzene rings is 2. The van der Waals surface area contributed by atoms with Crippen molar-refractivity contribution >= 4 is 17.3 Å². The Balaban J connectivity index is 1.38. The third kappa shape index (κ3) is 3.61. The van der Waals surface area contributed by atoms with E-state index in [9.17, 15) is 8.78 Å². The van der Waals surface area contributed by atoms with E-state index >= 15 is 0 Å². The highest BCUT2D eigenvalue weighted by Gasteiger charge is 2.18. The second-order valence-corrected chi connectivity index (χ2v) is 7.28. The summed E-state index contributed by atoms with van der Waals surface area (Å²) in [7, 11) is 0. The predicted molar refractivity (Wildman–Crippen MR) is 109 cm³/mol. The maximum atomic E-state index is 13.5. The van der Waals surface area contributed by atoms with Crippen molar-refractivity contribution in [3.05, 3.63) is 78.1 Å². The normalized spacial score (nSPS) is 13.4. The van der Waals surface area contributed by atoms with Crippen LogP contribution in [0.2, 0.25) is 0 Å². The molecule has 0 atom stereocenters. The van der Waals surface area contributed by atoms with Crippen LogP contribution in [0.15, 0.2) is 55.1 Å². The van der Waals surface area contributed by atoms with Gasteiger partial charge in [-0.3, -0.25) is 0 Å². The first kappa shape index (κ1) is 18.3. The number of nitrogens with one attached hydrogen (secondary N) is 1. The monoisotopic (exact) mass is 407 g/mol. The van der Waals surface area contributed by atoms with Crippen molar-refractivity contribution in [2.45, 2.75) is 20.0 Å². The molecule has 0 fully saturated rings. The van der Waals surface area contributed by atoms with Crippen molar-refractivity contribution in [3.8, 4) is 5.69 Å². The first-order valence-corrected chi connectivity index (χ1v) is 9.55. The zero-order chi connectivity index (χ0) is 20.7. The van der Waals surface area contributed by atoms with Gasteiger partial charge >= 0.3 is 0 Å². The molecule has 0 unspecified atom stereocenters. The molecule has 5 rings (SSSR count). The largest absolute Gasteiger partial charge is 0.362 e. The van der Waals surface area contributed by atoms with Gasteiger partial charge in [-0.2, -0.15) is 4.98 Å². The average Bonchev–Trinajstić information content (AvgIpc) is 3.35. The number of hydrogen-bond donors (Lipinski definition) is 1. The Bertz CT molecular complexity index is 1190. The number of hydrogen-bond acceptors (Lipinski definition) is 5. The Morgan fingerprint density at radius 1 is 0.933 bits per heavy atom. The molecule has 9 heteroatoms. The molecule has 1 aliphatic heterocycles.